The van der Waals surface area contributed by atoms with Crippen LogP contribution < -0.4 is 5.32 Å². The first-order chi connectivity index (χ1) is 17.1. The molecule has 3 aromatic rings. The van der Waals surface area contributed by atoms with Gasteiger partial charge in [-0.3, -0.25) is 4.79 Å². The molecule has 3 amide bonds. The van der Waals surface area contributed by atoms with Crippen molar-refractivity contribution >= 4 is 29.2 Å². The fourth-order valence-electron chi connectivity index (χ4n) is 4.02. The van der Waals surface area contributed by atoms with E-state index in [0.717, 1.165) is 21.8 Å². The van der Waals surface area contributed by atoms with Crippen LogP contribution in [0.1, 0.15) is 44.5 Å². The maximum absolute atomic E-state index is 13.5. The number of rotatable bonds is 10. The molecular weight excluding hydrogens is 472 g/mol. The van der Waals surface area contributed by atoms with Gasteiger partial charge in [0.2, 0.25) is 5.91 Å². The Hall–Kier alpha value is -3.25. The number of carbonyl (C=O) groups excluding carboxylic acids is 2. The summed E-state index contributed by atoms with van der Waals surface area (Å²) >= 11 is 6.38. The SMILES string of the molecule is Cc1ccc(NC(=O)N(CC(=O)N(Cc2cccn2Cc2ccccc2Cl)CC(C)C)C(C)C)cc1. The lowest BCUT2D eigenvalue weighted by molar-refractivity contribution is -0.133. The number of benzene rings is 2. The van der Waals surface area contributed by atoms with Gasteiger partial charge in [-0.1, -0.05) is 61.3 Å². The molecule has 0 unspecified atom stereocenters. The van der Waals surface area contributed by atoms with Gasteiger partial charge in [-0.15, -0.1) is 0 Å². The minimum absolute atomic E-state index is 0.00725. The van der Waals surface area contributed by atoms with E-state index in [9.17, 15) is 9.59 Å². The molecule has 0 aliphatic rings. The third kappa shape index (κ3) is 7.62. The van der Waals surface area contributed by atoms with E-state index in [2.05, 4.69) is 23.7 Å². The van der Waals surface area contributed by atoms with Crippen LogP contribution >= 0.6 is 11.6 Å². The summed E-state index contributed by atoms with van der Waals surface area (Å²) in [5.74, 6) is 0.205. The summed E-state index contributed by atoms with van der Waals surface area (Å²) in [6.07, 6.45) is 2.01. The number of hydrogen-bond acceptors (Lipinski definition) is 2. The van der Waals surface area contributed by atoms with E-state index >= 15 is 0 Å². The molecule has 3 rings (SSSR count). The van der Waals surface area contributed by atoms with Crippen LogP contribution in [0.3, 0.4) is 0 Å². The molecule has 0 aliphatic heterocycles. The van der Waals surface area contributed by atoms with E-state index < -0.39 is 0 Å². The molecule has 0 spiro atoms. The molecule has 7 heteroatoms. The second-order valence-corrected chi connectivity index (χ2v) is 10.3. The lowest BCUT2D eigenvalue weighted by atomic mass is 10.2. The second kappa shape index (κ2) is 12.6. The van der Waals surface area contributed by atoms with Crippen molar-refractivity contribution in [3.05, 3.63) is 88.7 Å². The molecular formula is C29H37ClN4O2. The highest BCUT2D eigenvalue weighted by Crippen LogP contribution is 2.19. The summed E-state index contributed by atoms with van der Waals surface area (Å²) in [6, 6.07) is 19.0. The quantitative estimate of drug-likeness (QED) is 0.343. The van der Waals surface area contributed by atoms with E-state index in [1.165, 1.54) is 0 Å². The highest BCUT2D eigenvalue weighted by Gasteiger charge is 2.25. The van der Waals surface area contributed by atoms with Crippen molar-refractivity contribution in [3.63, 3.8) is 0 Å². The second-order valence-electron chi connectivity index (χ2n) is 9.90. The standard InChI is InChI=1S/C29H37ClN4O2/c1-21(2)17-33(19-26-10-8-16-32(26)18-24-9-6-7-11-27(24)30)28(35)20-34(22(3)4)29(36)31-25-14-12-23(5)13-15-25/h6-16,21-22H,17-20H2,1-5H3,(H,31,36). The fraction of sp³-hybridized carbons (Fsp3) is 0.379. The number of aryl methyl sites for hydroxylation is 1. The lowest BCUT2D eigenvalue weighted by Crippen LogP contribution is -2.48. The van der Waals surface area contributed by atoms with Gasteiger partial charge in [-0.05, 0) is 62.6 Å². The number of halogens is 1. The summed E-state index contributed by atoms with van der Waals surface area (Å²) in [4.78, 5) is 30.0. The average molecular weight is 509 g/mol. The summed E-state index contributed by atoms with van der Waals surface area (Å²) < 4.78 is 2.12. The summed E-state index contributed by atoms with van der Waals surface area (Å²) in [7, 11) is 0. The van der Waals surface area contributed by atoms with Crippen LogP contribution in [0.2, 0.25) is 5.02 Å². The Labute approximate surface area is 219 Å². The normalized spacial score (nSPS) is 11.1. The number of aromatic nitrogens is 1. The van der Waals surface area contributed by atoms with Gasteiger partial charge in [-0.25, -0.2) is 4.79 Å². The number of carbonyl (C=O) groups is 2. The Morgan fingerprint density at radius 3 is 2.31 bits per heavy atom. The first-order valence-electron chi connectivity index (χ1n) is 12.4. The number of nitrogens with one attached hydrogen (secondary N) is 1. The number of anilines is 1. The molecule has 192 valence electrons. The molecule has 0 bridgehead atoms. The molecule has 0 atom stereocenters. The van der Waals surface area contributed by atoms with Gasteiger partial charge in [0.25, 0.3) is 0 Å². The van der Waals surface area contributed by atoms with Crippen LogP contribution in [0, 0.1) is 12.8 Å². The van der Waals surface area contributed by atoms with E-state index in [1.807, 2.05) is 92.5 Å². The average Bonchev–Trinajstić information content (AvgIpc) is 3.25. The van der Waals surface area contributed by atoms with Gasteiger partial charge in [0.15, 0.2) is 0 Å². The number of nitrogens with zero attached hydrogens (tertiary/aromatic N) is 3. The largest absolute Gasteiger partial charge is 0.345 e. The van der Waals surface area contributed by atoms with E-state index in [-0.39, 0.29) is 30.4 Å². The van der Waals surface area contributed by atoms with Crippen LogP contribution in [0.5, 0.6) is 0 Å². The van der Waals surface area contributed by atoms with Gasteiger partial charge in [0.05, 0.1) is 6.54 Å². The number of hydrogen-bond donors (Lipinski definition) is 1. The Balaban J connectivity index is 1.74. The minimum atomic E-state index is -0.284. The maximum Gasteiger partial charge on any atom is 0.322 e. The van der Waals surface area contributed by atoms with Gasteiger partial charge in [0.1, 0.15) is 6.54 Å². The molecule has 0 saturated heterocycles. The van der Waals surface area contributed by atoms with Crippen LogP contribution in [0.15, 0.2) is 66.9 Å². The summed E-state index contributed by atoms with van der Waals surface area (Å²) in [6.45, 7) is 11.7. The van der Waals surface area contributed by atoms with Crippen molar-refractivity contribution in [2.75, 3.05) is 18.4 Å². The van der Waals surface area contributed by atoms with Crippen LogP contribution in [0.4, 0.5) is 10.5 Å². The highest BCUT2D eigenvalue weighted by atomic mass is 35.5. The zero-order valence-corrected chi connectivity index (χ0v) is 22.6. The molecule has 0 saturated carbocycles. The Morgan fingerprint density at radius 1 is 0.972 bits per heavy atom. The smallest absolute Gasteiger partial charge is 0.322 e. The van der Waals surface area contributed by atoms with Gasteiger partial charge >= 0.3 is 6.03 Å². The third-order valence-electron chi connectivity index (χ3n) is 6.01. The first-order valence-corrected chi connectivity index (χ1v) is 12.8. The predicted molar refractivity (Wildman–Crippen MR) is 147 cm³/mol. The van der Waals surface area contributed by atoms with Crippen molar-refractivity contribution in [1.82, 2.24) is 14.4 Å². The van der Waals surface area contributed by atoms with E-state index in [4.69, 9.17) is 11.6 Å². The van der Waals surface area contributed by atoms with Crippen molar-refractivity contribution in [1.29, 1.82) is 0 Å². The number of urea groups is 1. The van der Waals surface area contributed by atoms with Gasteiger partial charge < -0.3 is 19.7 Å². The van der Waals surface area contributed by atoms with Crippen molar-refractivity contribution in [2.45, 2.75) is 53.8 Å². The lowest BCUT2D eigenvalue weighted by Gasteiger charge is -2.31. The Kier molecular flexibility index (Phi) is 9.59. The molecule has 0 aliphatic carbocycles. The highest BCUT2D eigenvalue weighted by molar-refractivity contribution is 6.31. The monoisotopic (exact) mass is 508 g/mol. The molecule has 1 aromatic heterocycles. The van der Waals surface area contributed by atoms with E-state index in [0.29, 0.717) is 25.3 Å². The van der Waals surface area contributed by atoms with Crippen LogP contribution in [-0.4, -0.2) is 45.4 Å². The maximum atomic E-state index is 13.5. The first kappa shape index (κ1) is 27.3. The van der Waals surface area contributed by atoms with E-state index in [1.54, 1.807) is 4.90 Å². The predicted octanol–water partition coefficient (Wildman–Crippen LogP) is 6.43. The van der Waals surface area contributed by atoms with Gasteiger partial charge in [-0.2, -0.15) is 0 Å². The zero-order valence-electron chi connectivity index (χ0n) is 21.9. The third-order valence-corrected chi connectivity index (χ3v) is 6.37. The molecule has 0 radical (unpaired) electrons. The van der Waals surface area contributed by atoms with Crippen LogP contribution in [0.25, 0.3) is 0 Å². The topological polar surface area (TPSA) is 57.6 Å². The molecule has 6 nitrogen and oxygen atoms in total. The van der Waals surface area contributed by atoms with Crippen LogP contribution in [-0.2, 0) is 17.9 Å². The van der Waals surface area contributed by atoms with Gasteiger partial charge in [0, 0.05) is 41.7 Å². The molecule has 1 heterocycles. The molecule has 36 heavy (non-hydrogen) atoms. The summed E-state index contributed by atoms with van der Waals surface area (Å²) in [5, 5.41) is 3.64. The Bertz CT molecular complexity index is 1150. The zero-order chi connectivity index (χ0) is 26.2. The van der Waals surface area contributed by atoms with Crippen molar-refractivity contribution in [2.24, 2.45) is 5.92 Å². The minimum Gasteiger partial charge on any atom is -0.345 e. The molecule has 1 N–H and O–H groups in total. The van der Waals surface area contributed by atoms with Crippen molar-refractivity contribution in [3.8, 4) is 0 Å². The summed E-state index contributed by atoms with van der Waals surface area (Å²) in [5.41, 5.74) is 3.87. The molecule has 2 aromatic carbocycles. The Morgan fingerprint density at radius 2 is 1.67 bits per heavy atom. The number of amides is 3. The fourth-order valence-corrected chi connectivity index (χ4v) is 4.21. The van der Waals surface area contributed by atoms with Crippen molar-refractivity contribution < 1.29 is 9.59 Å². The molecule has 0 fully saturated rings.